The van der Waals surface area contributed by atoms with Gasteiger partial charge in [-0.3, -0.25) is 9.59 Å². The predicted molar refractivity (Wildman–Crippen MR) is 90.6 cm³/mol. The Balaban J connectivity index is 1.60. The standard InChI is InChI=1S/C19H12FN3O4/c1-11-16(10-22(21-11)13-6-4-5-12(20)9-13)19(26)27-23-17(24)14-7-2-3-8-15(14)18(23)25/h2-10H,1H3. The number of hydrogen-bond donors (Lipinski definition) is 0. The van der Waals surface area contributed by atoms with Gasteiger partial charge in [-0.25, -0.2) is 13.9 Å². The molecule has 8 heteroatoms. The molecule has 134 valence electrons. The zero-order valence-corrected chi connectivity index (χ0v) is 14.0. The number of carbonyl (C=O) groups is 3. The Morgan fingerprint density at radius 2 is 1.70 bits per heavy atom. The molecule has 4 rings (SSSR count). The average Bonchev–Trinajstić information content (AvgIpc) is 3.16. The van der Waals surface area contributed by atoms with E-state index in [2.05, 4.69) is 5.10 Å². The summed E-state index contributed by atoms with van der Waals surface area (Å²) in [5, 5.41) is 4.59. The summed E-state index contributed by atoms with van der Waals surface area (Å²) in [4.78, 5) is 42.1. The molecule has 0 spiro atoms. The van der Waals surface area contributed by atoms with Gasteiger partial charge >= 0.3 is 5.97 Å². The molecule has 0 unspecified atom stereocenters. The maximum atomic E-state index is 13.4. The third kappa shape index (κ3) is 2.77. The molecule has 2 aromatic carbocycles. The van der Waals surface area contributed by atoms with Gasteiger partial charge in [0.1, 0.15) is 11.4 Å². The summed E-state index contributed by atoms with van der Waals surface area (Å²) in [5.74, 6) is -2.78. The number of hydrogen-bond acceptors (Lipinski definition) is 5. The molecular weight excluding hydrogens is 353 g/mol. The molecule has 7 nitrogen and oxygen atoms in total. The second-order valence-corrected chi connectivity index (χ2v) is 5.88. The summed E-state index contributed by atoms with van der Waals surface area (Å²) in [5.41, 5.74) is 1.11. The van der Waals surface area contributed by atoms with E-state index >= 15 is 0 Å². The molecule has 0 radical (unpaired) electrons. The quantitative estimate of drug-likeness (QED) is 0.667. The van der Waals surface area contributed by atoms with Gasteiger partial charge in [-0.2, -0.15) is 5.10 Å². The molecule has 0 atom stereocenters. The lowest BCUT2D eigenvalue weighted by molar-refractivity contribution is -0.0585. The van der Waals surface area contributed by atoms with E-state index in [9.17, 15) is 18.8 Å². The van der Waals surface area contributed by atoms with Gasteiger partial charge in [-0.05, 0) is 37.3 Å². The number of carbonyl (C=O) groups excluding carboxylic acids is 3. The van der Waals surface area contributed by atoms with Crippen LogP contribution in [-0.4, -0.2) is 32.6 Å². The summed E-state index contributed by atoms with van der Waals surface area (Å²) < 4.78 is 14.7. The molecule has 1 aliphatic heterocycles. The number of aryl methyl sites for hydroxylation is 1. The second-order valence-electron chi connectivity index (χ2n) is 5.88. The van der Waals surface area contributed by atoms with Crippen LogP contribution in [0.25, 0.3) is 5.69 Å². The minimum Gasteiger partial charge on any atom is -0.324 e. The summed E-state index contributed by atoms with van der Waals surface area (Å²) in [6.45, 7) is 1.56. The molecule has 0 fully saturated rings. The van der Waals surface area contributed by atoms with E-state index in [0.29, 0.717) is 16.4 Å². The first kappa shape index (κ1) is 16.6. The highest BCUT2D eigenvalue weighted by Crippen LogP contribution is 2.24. The SMILES string of the molecule is Cc1nn(-c2cccc(F)c2)cc1C(=O)ON1C(=O)c2ccccc2C1=O. The number of halogens is 1. The Bertz CT molecular complexity index is 1070. The number of amides is 2. The number of nitrogens with zero attached hydrogens (tertiary/aromatic N) is 3. The van der Waals surface area contributed by atoms with Gasteiger partial charge in [0.25, 0.3) is 11.8 Å². The van der Waals surface area contributed by atoms with E-state index in [1.54, 1.807) is 25.1 Å². The monoisotopic (exact) mass is 365 g/mol. The van der Waals surface area contributed by atoms with Crippen LogP contribution in [0.15, 0.2) is 54.7 Å². The maximum Gasteiger partial charge on any atom is 0.367 e. The third-order valence-electron chi connectivity index (χ3n) is 4.12. The van der Waals surface area contributed by atoms with E-state index in [4.69, 9.17) is 4.84 Å². The Morgan fingerprint density at radius 1 is 1.04 bits per heavy atom. The molecule has 0 bridgehead atoms. The third-order valence-corrected chi connectivity index (χ3v) is 4.12. The van der Waals surface area contributed by atoms with E-state index in [0.717, 1.165) is 0 Å². The summed E-state index contributed by atoms with van der Waals surface area (Å²) in [6, 6.07) is 11.9. The largest absolute Gasteiger partial charge is 0.367 e. The van der Waals surface area contributed by atoms with Gasteiger partial charge < -0.3 is 4.84 Å². The number of rotatable bonds is 3. The molecule has 0 N–H and O–H groups in total. The number of aromatic nitrogens is 2. The van der Waals surface area contributed by atoms with Crippen molar-refractivity contribution in [3.63, 3.8) is 0 Å². The van der Waals surface area contributed by atoms with Gasteiger partial charge in [-0.15, -0.1) is 0 Å². The maximum absolute atomic E-state index is 13.4. The minimum atomic E-state index is -0.912. The molecule has 3 aromatic rings. The van der Waals surface area contributed by atoms with E-state index in [1.807, 2.05) is 0 Å². The lowest BCUT2D eigenvalue weighted by atomic mass is 10.1. The number of benzene rings is 2. The fourth-order valence-electron chi connectivity index (χ4n) is 2.79. The predicted octanol–water partition coefficient (Wildman–Crippen LogP) is 2.69. The van der Waals surface area contributed by atoms with Crippen molar-refractivity contribution in [1.29, 1.82) is 0 Å². The zero-order valence-electron chi connectivity index (χ0n) is 14.0. The van der Waals surface area contributed by atoms with Crippen molar-refractivity contribution in [2.75, 3.05) is 0 Å². The fraction of sp³-hybridized carbons (Fsp3) is 0.0526. The van der Waals surface area contributed by atoms with Crippen molar-refractivity contribution in [1.82, 2.24) is 14.8 Å². The van der Waals surface area contributed by atoms with Gasteiger partial charge in [-0.1, -0.05) is 23.3 Å². The van der Waals surface area contributed by atoms with Crippen LogP contribution in [-0.2, 0) is 4.84 Å². The van der Waals surface area contributed by atoms with Crippen molar-refractivity contribution in [3.8, 4) is 5.69 Å². The van der Waals surface area contributed by atoms with Gasteiger partial charge in [0.15, 0.2) is 0 Å². The van der Waals surface area contributed by atoms with Crippen LogP contribution in [0.5, 0.6) is 0 Å². The van der Waals surface area contributed by atoms with Crippen LogP contribution in [0.2, 0.25) is 0 Å². The van der Waals surface area contributed by atoms with Crippen molar-refractivity contribution < 1.29 is 23.6 Å². The molecule has 1 aromatic heterocycles. The highest BCUT2D eigenvalue weighted by Gasteiger charge is 2.39. The Labute approximate surface area is 152 Å². The molecule has 2 heterocycles. The van der Waals surface area contributed by atoms with Gasteiger partial charge in [0, 0.05) is 6.20 Å². The smallest absolute Gasteiger partial charge is 0.324 e. The first-order valence-electron chi connectivity index (χ1n) is 7.98. The average molecular weight is 365 g/mol. The summed E-state index contributed by atoms with van der Waals surface area (Å²) in [6.07, 6.45) is 1.35. The molecule has 0 saturated carbocycles. The van der Waals surface area contributed by atoms with Crippen LogP contribution in [0.4, 0.5) is 4.39 Å². The molecule has 27 heavy (non-hydrogen) atoms. The second kappa shape index (κ2) is 6.17. The normalized spacial score (nSPS) is 13.0. The molecule has 0 aliphatic carbocycles. The van der Waals surface area contributed by atoms with Crippen LogP contribution in [0, 0.1) is 12.7 Å². The van der Waals surface area contributed by atoms with Crippen molar-refractivity contribution in [3.05, 3.63) is 82.9 Å². The van der Waals surface area contributed by atoms with Crippen molar-refractivity contribution >= 4 is 17.8 Å². The molecular formula is C19H12FN3O4. The first-order valence-corrected chi connectivity index (χ1v) is 7.98. The van der Waals surface area contributed by atoms with Crippen LogP contribution in [0.3, 0.4) is 0 Å². The van der Waals surface area contributed by atoms with E-state index in [-0.39, 0.29) is 16.7 Å². The van der Waals surface area contributed by atoms with Crippen molar-refractivity contribution in [2.45, 2.75) is 6.92 Å². The molecule has 1 aliphatic rings. The van der Waals surface area contributed by atoms with E-state index in [1.165, 1.54) is 41.2 Å². The summed E-state index contributed by atoms with van der Waals surface area (Å²) >= 11 is 0. The fourth-order valence-corrected chi connectivity index (χ4v) is 2.79. The van der Waals surface area contributed by atoms with Crippen LogP contribution >= 0.6 is 0 Å². The van der Waals surface area contributed by atoms with Crippen LogP contribution < -0.4 is 0 Å². The summed E-state index contributed by atoms with van der Waals surface area (Å²) in [7, 11) is 0. The Morgan fingerprint density at radius 3 is 2.33 bits per heavy atom. The van der Waals surface area contributed by atoms with Crippen molar-refractivity contribution in [2.24, 2.45) is 0 Å². The highest BCUT2D eigenvalue weighted by molar-refractivity contribution is 6.21. The van der Waals surface area contributed by atoms with Gasteiger partial charge in [0.05, 0.1) is 22.5 Å². The highest BCUT2D eigenvalue weighted by atomic mass is 19.1. The number of imide groups is 1. The number of fused-ring (bicyclic) bond motifs is 1. The lowest BCUT2D eigenvalue weighted by Crippen LogP contribution is -2.32. The molecule has 0 saturated heterocycles. The first-order chi connectivity index (χ1) is 13.0. The Hall–Kier alpha value is -3.81. The van der Waals surface area contributed by atoms with Gasteiger partial charge in [0.2, 0.25) is 0 Å². The van der Waals surface area contributed by atoms with Crippen LogP contribution in [0.1, 0.15) is 36.8 Å². The minimum absolute atomic E-state index is 0.0517. The zero-order chi connectivity index (χ0) is 19.1. The van der Waals surface area contributed by atoms with E-state index < -0.39 is 23.6 Å². The Kier molecular flexibility index (Phi) is 3.80. The number of hydroxylamine groups is 2. The topological polar surface area (TPSA) is 81.5 Å². The lowest BCUT2D eigenvalue weighted by Gasteiger charge is -2.12. The molecule has 2 amide bonds.